The number of rotatable bonds is 5. The first kappa shape index (κ1) is 15.5. The lowest BCUT2D eigenvalue weighted by Gasteiger charge is -2.11. The summed E-state index contributed by atoms with van der Waals surface area (Å²) in [5, 5.41) is 0. The summed E-state index contributed by atoms with van der Waals surface area (Å²) < 4.78 is 39.9. The van der Waals surface area contributed by atoms with Gasteiger partial charge in [-0.15, -0.1) is 0 Å². The Kier molecular flexibility index (Phi) is 4.59. The SMILES string of the molecule is CCc1ccc(S(=O)(=O)Nc2ccc(F)cc2)cc1CN. The van der Waals surface area contributed by atoms with E-state index in [1.54, 1.807) is 18.2 Å². The predicted molar refractivity (Wildman–Crippen MR) is 80.9 cm³/mol. The Labute approximate surface area is 123 Å². The summed E-state index contributed by atoms with van der Waals surface area (Å²) in [4.78, 5) is 0.143. The van der Waals surface area contributed by atoms with Gasteiger partial charge in [-0.1, -0.05) is 13.0 Å². The largest absolute Gasteiger partial charge is 0.326 e. The lowest BCUT2D eigenvalue weighted by atomic mass is 10.1. The molecule has 21 heavy (non-hydrogen) atoms. The van der Waals surface area contributed by atoms with E-state index in [-0.39, 0.29) is 11.4 Å². The van der Waals surface area contributed by atoms with Crippen LogP contribution >= 0.6 is 0 Å². The van der Waals surface area contributed by atoms with Crippen molar-refractivity contribution in [2.75, 3.05) is 4.72 Å². The third-order valence-electron chi connectivity index (χ3n) is 3.19. The molecular weight excluding hydrogens is 291 g/mol. The molecule has 0 heterocycles. The maximum atomic E-state index is 12.8. The Morgan fingerprint density at radius 1 is 1.10 bits per heavy atom. The van der Waals surface area contributed by atoms with E-state index in [0.29, 0.717) is 5.69 Å². The van der Waals surface area contributed by atoms with E-state index in [9.17, 15) is 12.8 Å². The highest BCUT2D eigenvalue weighted by Crippen LogP contribution is 2.20. The van der Waals surface area contributed by atoms with Crippen molar-refractivity contribution in [2.45, 2.75) is 24.8 Å². The van der Waals surface area contributed by atoms with E-state index in [1.165, 1.54) is 24.3 Å². The molecule has 0 aliphatic carbocycles. The quantitative estimate of drug-likeness (QED) is 0.892. The van der Waals surface area contributed by atoms with Crippen LogP contribution in [0.2, 0.25) is 0 Å². The van der Waals surface area contributed by atoms with Crippen molar-refractivity contribution in [1.29, 1.82) is 0 Å². The summed E-state index contributed by atoms with van der Waals surface area (Å²) in [6, 6.07) is 10.0. The minimum atomic E-state index is -3.71. The molecule has 4 nitrogen and oxygen atoms in total. The van der Waals surface area contributed by atoms with Gasteiger partial charge in [-0.05, 0) is 53.9 Å². The highest BCUT2D eigenvalue weighted by molar-refractivity contribution is 7.92. The molecule has 2 rings (SSSR count). The monoisotopic (exact) mass is 308 g/mol. The Morgan fingerprint density at radius 3 is 2.33 bits per heavy atom. The molecule has 6 heteroatoms. The number of nitrogens with two attached hydrogens (primary N) is 1. The Morgan fingerprint density at radius 2 is 1.76 bits per heavy atom. The van der Waals surface area contributed by atoms with Crippen LogP contribution in [0.25, 0.3) is 0 Å². The van der Waals surface area contributed by atoms with Gasteiger partial charge in [0.25, 0.3) is 10.0 Å². The number of nitrogens with one attached hydrogen (secondary N) is 1. The van der Waals surface area contributed by atoms with Gasteiger partial charge in [0.15, 0.2) is 0 Å². The zero-order valence-electron chi connectivity index (χ0n) is 11.6. The van der Waals surface area contributed by atoms with Crippen LogP contribution in [0.4, 0.5) is 10.1 Å². The number of anilines is 1. The molecular formula is C15H17FN2O2S. The van der Waals surface area contributed by atoms with Gasteiger partial charge in [0.1, 0.15) is 5.82 Å². The summed E-state index contributed by atoms with van der Waals surface area (Å²) >= 11 is 0. The first-order valence-electron chi connectivity index (χ1n) is 6.56. The molecule has 112 valence electrons. The summed E-state index contributed by atoms with van der Waals surface area (Å²) in [5.41, 5.74) is 7.79. The standard InChI is InChI=1S/C15H17FN2O2S/c1-2-11-3-8-15(9-12(11)10-17)21(19,20)18-14-6-4-13(16)5-7-14/h3-9,18H,2,10,17H2,1H3. The van der Waals surface area contributed by atoms with Crippen LogP contribution in [0.1, 0.15) is 18.1 Å². The number of benzene rings is 2. The highest BCUT2D eigenvalue weighted by atomic mass is 32.2. The zero-order valence-corrected chi connectivity index (χ0v) is 12.5. The Hall–Kier alpha value is -1.92. The van der Waals surface area contributed by atoms with Crippen LogP contribution in [0.3, 0.4) is 0 Å². The van der Waals surface area contributed by atoms with E-state index in [1.807, 2.05) is 6.92 Å². The van der Waals surface area contributed by atoms with E-state index in [4.69, 9.17) is 5.73 Å². The molecule has 0 fully saturated rings. The van der Waals surface area contributed by atoms with Gasteiger partial charge in [0.2, 0.25) is 0 Å². The summed E-state index contributed by atoms with van der Waals surface area (Å²) in [7, 11) is -3.71. The predicted octanol–water partition coefficient (Wildman–Crippen LogP) is 2.65. The van der Waals surface area contributed by atoms with Gasteiger partial charge in [0.05, 0.1) is 4.90 Å². The molecule has 3 N–H and O–H groups in total. The molecule has 0 radical (unpaired) electrons. The molecule has 0 saturated heterocycles. The van der Waals surface area contributed by atoms with Crippen molar-refractivity contribution >= 4 is 15.7 Å². The van der Waals surface area contributed by atoms with Crippen LogP contribution in [0.15, 0.2) is 47.4 Å². The second-order valence-corrected chi connectivity index (χ2v) is 6.28. The second kappa shape index (κ2) is 6.24. The zero-order chi connectivity index (χ0) is 15.5. The van der Waals surface area contributed by atoms with E-state index >= 15 is 0 Å². The van der Waals surface area contributed by atoms with Crippen LogP contribution in [-0.4, -0.2) is 8.42 Å². The second-order valence-electron chi connectivity index (χ2n) is 4.60. The van der Waals surface area contributed by atoms with Gasteiger partial charge in [-0.3, -0.25) is 4.72 Å². The van der Waals surface area contributed by atoms with Gasteiger partial charge < -0.3 is 5.73 Å². The summed E-state index contributed by atoms with van der Waals surface area (Å²) in [6.45, 7) is 2.27. The molecule has 2 aromatic carbocycles. The highest BCUT2D eigenvalue weighted by Gasteiger charge is 2.15. The Bertz CT molecular complexity index is 728. The van der Waals surface area contributed by atoms with Crippen LogP contribution < -0.4 is 10.5 Å². The normalized spacial score (nSPS) is 11.4. The van der Waals surface area contributed by atoms with Crippen molar-refractivity contribution in [1.82, 2.24) is 0 Å². The van der Waals surface area contributed by atoms with Crippen molar-refractivity contribution in [3.63, 3.8) is 0 Å². The molecule has 0 aliphatic rings. The fraction of sp³-hybridized carbons (Fsp3) is 0.200. The fourth-order valence-electron chi connectivity index (χ4n) is 2.04. The average molecular weight is 308 g/mol. The number of halogens is 1. The van der Waals surface area contributed by atoms with Gasteiger partial charge in [-0.2, -0.15) is 0 Å². The summed E-state index contributed by atoms with van der Waals surface area (Å²) in [6.07, 6.45) is 0.790. The molecule has 0 bridgehead atoms. The molecule has 0 unspecified atom stereocenters. The minimum absolute atomic E-state index is 0.143. The van der Waals surface area contributed by atoms with Crippen LogP contribution in [0, 0.1) is 5.82 Å². The fourth-order valence-corrected chi connectivity index (χ4v) is 3.15. The third-order valence-corrected chi connectivity index (χ3v) is 4.56. The van der Waals surface area contributed by atoms with Crippen molar-refractivity contribution in [3.05, 3.63) is 59.4 Å². The topological polar surface area (TPSA) is 72.2 Å². The van der Waals surface area contributed by atoms with Gasteiger partial charge in [-0.25, -0.2) is 12.8 Å². The molecule has 2 aromatic rings. The van der Waals surface area contributed by atoms with E-state index in [2.05, 4.69) is 4.72 Å². The Balaban J connectivity index is 2.33. The number of aryl methyl sites for hydroxylation is 1. The average Bonchev–Trinajstić information content (AvgIpc) is 2.48. The van der Waals surface area contributed by atoms with Crippen LogP contribution in [0.5, 0.6) is 0 Å². The minimum Gasteiger partial charge on any atom is -0.326 e. The molecule has 0 spiro atoms. The van der Waals surface area contributed by atoms with Crippen molar-refractivity contribution < 1.29 is 12.8 Å². The van der Waals surface area contributed by atoms with E-state index < -0.39 is 15.8 Å². The third kappa shape index (κ3) is 3.59. The lowest BCUT2D eigenvalue weighted by molar-refractivity contribution is 0.600. The number of hydrogen-bond donors (Lipinski definition) is 2. The molecule has 0 amide bonds. The van der Waals surface area contributed by atoms with Crippen LogP contribution in [-0.2, 0) is 23.0 Å². The first-order valence-corrected chi connectivity index (χ1v) is 8.05. The number of sulfonamides is 1. The van der Waals surface area contributed by atoms with E-state index in [0.717, 1.165) is 17.5 Å². The lowest BCUT2D eigenvalue weighted by Crippen LogP contribution is -2.14. The molecule has 0 aromatic heterocycles. The molecule has 0 atom stereocenters. The number of hydrogen-bond acceptors (Lipinski definition) is 3. The van der Waals surface area contributed by atoms with Gasteiger partial charge >= 0.3 is 0 Å². The molecule has 0 aliphatic heterocycles. The van der Waals surface area contributed by atoms with Gasteiger partial charge in [0, 0.05) is 12.2 Å². The maximum Gasteiger partial charge on any atom is 0.261 e. The summed E-state index contributed by atoms with van der Waals surface area (Å²) in [5.74, 6) is -0.421. The van der Waals surface area contributed by atoms with Crippen molar-refractivity contribution in [2.24, 2.45) is 5.73 Å². The maximum absolute atomic E-state index is 12.8. The molecule has 0 saturated carbocycles. The first-order chi connectivity index (χ1) is 9.96. The smallest absolute Gasteiger partial charge is 0.261 e. The van der Waals surface area contributed by atoms with Crippen molar-refractivity contribution in [3.8, 4) is 0 Å².